The van der Waals surface area contributed by atoms with E-state index in [1.54, 1.807) is 42.5 Å². The van der Waals surface area contributed by atoms with Gasteiger partial charge in [-0.1, -0.05) is 6.07 Å². The molecule has 0 spiro atoms. The number of amides is 1. The number of esters is 1. The number of fused-ring (bicyclic) bond motifs is 1. The quantitative estimate of drug-likeness (QED) is 0.579. The van der Waals surface area contributed by atoms with Crippen molar-refractivity contribution in [1.82, 2.24) is 0 Å². The fourth-order valence-corrected chi connectivity index (χ4v) is 2.45. The minimum absolute atomic E-state index is 0.179. The van der Waals surface area contributed by atoms with E-state index in [1.165, 1.54) is 20.3 Å². The first-order valence-corrected chi connectivity index (χ1v) is 8.35. The Bertz CT molecular complexity index is 907. The number of ether oxygens (including phenoxy) is 5. The zero-order chi connectivity index (χ0) is 19.9. The lowest BCUT2D eigenvalue weighted by atomic mass is 10.2. The molecule has 1 N–H and O–H groups in total. The monoisotopic (exact) mass is 385 g/mol. The van der Waals surface area contributed by atoms with Gasteiger partial charge in [0, 0.05) is 12.1 Å². The molecule has 28 heavy (non-hydrogen) atoms. The van der Waals surface area contributed by atoms with Gasteiger partial charge in [-0.3, -0.25) is 4.79 Å². The SMILES string of the molecule is COc1ccc(NC(=O)COC(=O)/C=C/c2ccc3c(c2)OCO3)c(OC)c1. The van der Waals surface area contributed by atoms with Gasteiger partial charge in [0.1, 0.15) is 11.5 Å². The van der Waals surface area contributed by atoms with Gasteiger partial charge in [0.25, 0.3) is 5.91 Å². The second-order valence-corrected chi connectivity index (χ2v) is 5.67. The summed E-state index contributed by atoms with van der Waals surface area (Å²) >= 11 is 0. The van der Waals surface area contributed by atoms with E-state index < -0.39 is 18.5 Å². The summed E-state index contributed by atoms with van der Waals surface area (Å²) in [5, 5.41) is 2.62. The molecular weight excluding hydrogens is 366 g/mol. The highest BCUT2D eigenvalue weighted by atomic mass is 16.7. The summed E-state index contributed by atoms with van der Waals surface area (Å²) in [6.07, 6.45) is 2.80. The zero-order valence-corrected chi connectivity index (χ0v) is 15.4. The molecule has 8 nitrogen and oxygen atoms in total. The van der Waals surface area contributed by atoms with Gasteiger partial charge in [0.15, 0.2) is 18.1 Å². The predicted molar refractivity (Wildman–Crippen MR) is 101 cm³/mol. The number of rotatable bonds is 7. The number of benzene rings is 2. The molecule has 0 unspecified atom stereocenters. The second kappa shape index (κ2) is 8.81. The number of hydrogen-bond acceptors (Lipinski definition) is 7. The van der Waals surface area contributed by atoms with E-state index in [9.17, 15) is 9.59 Å². The fraction of sp³-hybridized carbons (Fsp3) is 0.200. The van der Waals surface area contributed by atoms with E-state index >= 15 is 0 Å². The van der Waals surface area contributed by atoms with Crippen LogP contribution in [0.4, 0.5) is 5.69 Å². The molecule has 3 rings (SSSR count). The van der Waals surface area contributed by atoms with Gasteiger partial charge in [-0.05, 0) is 35.9 Å². The number of carbonyl (C=O) groups is 2. The van der Waals surface area contributed by atoms with E-state index in [0.29, 0.717) is 28.7 Å². The summed E-state index contributed by atoms with van der Waals surface area (Å²) in [6, 6.07) is 10.2. The third-order valence-corrected chi connectivity index (χ3v) is 3.84. The number of nitrogens with one attached hydrogen (secondary N) is 1. The van der Waals surface area contributed by atoms with Crippen LogP contribution in [0.1, 0.15) is 5.56 Å². The van der Waals surface area contributed by atoms with Gasteiger partial charge < -0.3 is 29.0 Å². The van der Waals surface area contributed by atoms with Gasteiger partial charge in [-0.15, -0.1) is 0 Å². The molecule has 1 heterocycles. The lowest BCUT2D eigenvalue weighted by molar-refractivity contribution is -0.142. The largest absolute Gasteiger partial charge is 0.497 e. The molecule has 0 aliphatic carbocycles. The summed E-state index contributed by atoms with van der Waals surface area (Å²) in [5.41, 5.74) is 1.19. The summed E-state index contributed by atoms with van der Waals surface area (Å²) < 4.78 is 25.7. The van der Waals surface area contributed by atoms with Crippen molar-refractivity contribution in [3.63, 3.8) is 0 Å². The first-order valence-electron chi connectivity index (χ1n) is 8.35. The molecule has 0 radical (unpaired) electrons. The van der Waals surface area contributed by atoms with Crippen LogP contribution in [-0.4, -0.2) is 39.5 Å². The topological polar surface area (TPSA) is 92.3 Å². The highest BCUT2D eigenvalue weighted by Gasteiger charge is 2.13. The average molecular weight is 385 g/mol. The van der Waals surface area contributed by atoms with Crippen molar-refractivity contribution >= 4 is 23.6 Å². The van der Waals surface area contributed by atoms with Crippen molar-refractivity contribution in [2.24, 2.45) is 0 Å². The maximum absolute atomic E-state index is 12.0. The smallest absolute Gasteiger partial charge is 0.331 e. The Kier molecular flexibility index (Phi) is 6.01. The molecule has 0 atom stereocenters. The second-order valence-electron chi connectivity index (χ2n) is 5.67. The maximum Gasteiger partial charge on any atom is 0.331 e. The summed E-state index contributed by atoms with van der Waals surface area (Å²) in [5.74, 6) is 1.16. The van der Waals surface area contributed by atoms with Crippen molar-refractivity contribution in [3.05, 3.63) is 48.0 Å². The molecule has 0 fully saturated rings. The number of hydrogen-bond donors (Lipinski definition) is 1. The van der Waals surface area contributed by atoms with Crippen LogP contribution in [0.25, 0.3) is 6.08 Å². The Morgan fingerprint density at radius 2 is 1.89 bits per heavy atom. The van der Waals surface area contributed by atoms with Crippen LogP contribution in [0.15, 0.2) is 42.5 Å². The Balaban J connectivity index is 1.51. The van der Waals surface area contributed by atoms with Crippen molar-refractivity contribution in [2.45, 2.75) is 0 Å². The summed E-state index contributed by atoms with van der Waals surface area (Å²) in [6.45, 7) is -0.252. The van der Waals surface area contributed by atoms with Crippen LogP contribution in [0.3, 0.4) is 0 Å². The van der Waals surface area contributed by atoms with E-state index in [-0.39, 0.29) is 6.79 Å². The molecule has 1 aliphatic heterocycles. The Morgan fingerprint density at radius 3 is 2.68 bits per heavy atom. The first kappa shape index (κ1) is 19.1. The van der Waals surface area contributed by atoms with Gasteiger partial charge in [0.2, 0.25) is 6.79 Å². The van der Waals surface area contributed by atoms with Gasteiger partial charge in [-0.25, -0.2) is 4.79 Å². The van der Waals surface area contributed by atoms with E-state index in [0.717, 1.165) is 5.56 Å². The van der Waals surface area contributed by atoms with Gasteiger partial charge >= 0.3 is 5.97 Å². The molecular formula is C20H19NO7. The Labute approximate surface area is 161 Å². The standard InChI is InChI=1S/C20H19NO7/c1-24-14-5-6-15(17(10-14)25-2)21-19(22)11-26-20(23)8-4-13-3-7-16-18(9-13)28-12-27-16/h3-10H,11-12H2,1-2H3,(H,21,22)/b8-4+. The Morgan fingerprint density at radius 1 is 1.07 bits per heavy atom. The minimum atomic E-state index is -0.644. The highest BCUT2D eigenvalue weighted by molar-refractivity contribution is 5.95. The van der Waals surface area contributed by atoms with Gasteiger partial charge in [0.05, 0.1) is 19.9 Å². The van der Waals surface area contributed by atoms with Crippen molar-refractivity contribution in [2.75, 3.05) is 32.9 Å². The average Bonchev–Trinajstić information content (AvgIpc) is 3.18. The molecule has 0 aromatic heterocycles. The van der Waals surface area contributed by atoms with Crippen LogP contribution < -0.4 is 24.3 Å². The minimum Gasteiger partial charge on any atom is -0.497 e. The highest BCUT2D eigenvalue weighted by Crippen LogP contribution is 2.32. The van der Waals surface area contributed by atoms with E-state index in [2.05, 4.69) is 5.32 Å². The summed E-state index contributed by atoms with van der Waals surface area (Å²) in [4.78, 5) is 23.8. The molecule has 0 bridgehead atoms. The molecule has 146 valence electrons. The van der Waals surface area contributed by atoms with Crippen LogP contribution in [0.2, 0.25) is 0 Å². The normalized spacial score (nSPS) is 11.9. The Hall–Kier alpha value is -3.68. The lowest BCUT2D eigenvalue weighted by Crippen LogP contribution is -2.20. The van der Waals surface area contributed by atoms with Crippen molar-refractivity contribution in [3.8, 4) is 23.0 Å². The molecule has 2 aromatic rings. The maximum atomic E-state index is 12.0. The number of methoxy groups -OCH3 is 2. The summed E-state index contributed by atoms with van der Waals surface area (Å²) in [7, 11) is 3.01. The van der Waals surface area contributed by atoms with Gasteiger partial charge in [-0.2, -0.15) is 0 Å². The van der Waals surface area contributed by atoms with E-state index in [4.69, 9.17) is 23.7 Å². The predicted octanol–water partition coefficient (Wildman–Crippen LogP) is 2.63. The molecule has 0 saturated heterocycles. The third-order valence-electron chi connectivity index (χ3n) is 3.84. The van der Waals surface area contributed by atoms with E-state index in [1.807, 2.05) is 0 Å². The molecule has 1 amide bonds. The molecule has 1 aliphatic rings. The third kappa shape index (κ3) is 4.73. The van der Waals surface area contributed by atoms with Crippen LogP contribution in [-0.2, 0) is 14.3 Å². The van der Waals surface area contributed by atoms with Crippen molar-refractivity contribution < 1.29 is 33.3 Å². The molecule has 2 aromatic carbocycles. The molecule has 0 saturated carbocycles. The lowest BCUT2D eigenvalue weighted by Gasteiger charge is -2.11. The van der Waals surface area contributed by atoms with Crippen LogP contribution in [0.5, 0.6) is 23.0 Å². The molecule has 8 heteroatoms. The van der Waals surface area contributed by atoms with Crippen molar-refractivity contribution in [1.29, 1.82) is 0 Å². The number of carbonyl (C=O) groups excluding carboxylic acids is 2. The zero-order valence-electron chi connectivity index (χ0n) is 15.4. The fourth-order valence-electron chi connectivity index (χ4n) is 2.45. The van der Waals surface area contributed by atoms with Crippen LogP contribution in [0, 0.1) is 0 Å². The number of anilines is 1. The first-order chi connectivity index (χ1) is 13.6. The van der Waals surface area contributed by atoms with Crippen LogP contribution >= 0.6 is 0 Å².